The molecule has 0 saturated carbocycles. The molecule has 3 rings (SSSR count). The molecule has 0 aliphatic heterocycles. The number of benzene rings is 1. The molecule has 26 heavy (non-hydrogen) atoms. The normalized spacial score (nSPS) is 10.8. The van der Waals surface area contributed by atoms with Gasteiger partial charge in [-0.3, -0.25) is 4.72 Å². The van der Waals surface area contributed by atoms with Gasteiger partial charge in [-0.25, -0.2) is 9.97 Å². The van der Waals surface area contributed by atoms with Crippen molar-refractivity contribution in [2.75, 3.05) is 10.5 Å². The zero-order valence-electron chi connectivity index (χ0n) is 13.7. The van der Waals surface area contributed by atoms with Gasteiger partial charge in [0.2, 0.25) is 0 Å². The van der Waals surface area contributed by atoms with Crippen LogP contribution in [0, 0.1) is 6.92 Å². The first-order valence-corrected chi connectivity index (χ1v) is 9.21. The van der Waals surface area contributed by atoms with Gasteiger partial charge in [0.05, 0.1) is 5.69 Å². The summed E-state index contributed by atoms with van der Waals surface area (Å²) in [6.45, 7) is 1.88. The van der Waals surface area contributed by atoms with Gasteiger partial charge in [0.1, 0.15) is 11.6 Å². The quantitative estimate of drug-likeness (QED) is 0.678. The summed E-state index contributed by atoms with van der Waals surface area (Å²) in [6.07, 6.45) is 0. The lowest BCUT2D eigenvalue weighted by atomic mass is 10.1. The predicted molar refractivity (Wildman–Crippen MR) is 106 cm³/mol. The minimum absolute atomic E-state index is 0. The summed E-state index contributed by atoms with van der Waals surface area (Å²) < 4.78 is 27.3. The third-order valence-electron chi connectivity index (χ3n) is 3.49. The minimum atomic E-state index is -3.89. The highest BCUT2D eigenvalue weighted by Gasteiger charge is 2.18. The first-order chi connectivity index (χ1) is 11.9. The summed E-state index contributed by atoms with van der Waals surface area (Å²) >= 11 is 6.23. The maximum Gasteiger partial charge on any atom is 0.280 e. The number of aromatic nitrogens is 2. The fourth-order valence-electron chi connectivity index (χ4n) is 2.28. The number of nitrogen functional groups attached to an aromatic ring is 1. The van der Waals surface area contributed by atoms with Crippen LogP contribution in [0.3, 0.4) is 0 Å². The van der Waals surface area contributed by atoms with Crippen molar-refractivity contribution in [1.29, 1.82) is 0 Å². The number of hydrogen-bond donors (Lipinski definition) is 2. The van der Waals surface area contributed by atoms with Crippen molar-refractivity contribution in [3.8, 4) is 11.3 Å². The first-order valence-electron chi connectivity index (χ1n) is 7.35. The van der Waals surface area contributed by atoms with E-state index in [4.69, 9.17) is 17.3 Å². The van der Waals surface area contributed by atoms with E-state index in [2.05, 4.69) is 14.7 Å². The van der Waals surface area contributed by atoms with Crippen molar-refractivity contribution in [3.63, 3.8) is 0 Å². The van der Waals surface area contributed by atoms with Gasteiger partial charge in [-0.15, -0.1) is 12.4 Å². The summed E-state index contributed by atoms with van der Waals surface area (Å²) in [5, 5.41) is 0.366. The first kappa shape index (κ1) is 20.0. The molecule has 9 heteroatoms. The van der Waals surface area contributed by atoms with Crippen LogP contribution in [0.1, 0.15) is 5.56 Å². The molecule has 0 aliphatic rings. The zero-order chi connectivity index (χ0) is 18.0. The van der Waals surface area contributed by atoms with Crippen LogP contribution in [0.25, 0.3) is 11.3 Å². The van der Waals surface area contributed by atoms with Crippen molar-refractivity contribution in [2.24, 2.45) is 0 Å². The lowest BCUT2D eigenvalue weighted by Crippen LogP contribution is -2.16. The second kappa shape index (κ2) is 7.90. The van der Waals surface area contributed by atoms with Crippen LogP contribution < -0.4 is 10.5 Å². The topological polar surface area (TPSA) is 98.0 Å². The van der Waals surface area contributed by atoms with Gasteiger partial charge in [-0.2, -0.15) is 8.42 Å². The molecule has 0 bridgehead atoms. The second-order valence-electron chi connectivity index (χ2n) is 5.35. The fraction of sp³-hybridized carbons (Fsp3) is 0.0588. The number of hydrogen-bond acceptors (Lipinski definition) is 5. The van der Waals surface area contributed by atoms with E-state index >= 15 is 0 Å². The molecule has 0 saturated heterocycles. The Morgan fingerprint density at radius 2 is 1.73 bits per heavy atom. The standard InChI is InChI=1S/C17H15ClN4O2S.ClH/c1-11-9-10-15(21-17(11)12-5-2-3-6-13(12)18)22-25(23,24)16-8-4-7-14(19)20-16;/h2-10H,1H3,(H2,19,20)(H,21,22);1H. The Balaban J connectivity index is 0.00000243. The molecule has 0 unspecified atom stereocenters. The summed E-state index contributed by atoms with van der Waals surface area (Å²) in [7, 11) is -3.89. The Morgan fingerprint density at radius 3 is 2.42 bits per heavy atom. The lowest BCUT2D eigenvalue weighted by molar-refractivity contribution is 0.597. The molecule has 0 atom stereocenters. The van der Waals surface area contributed by atoms with Gasteiger partial charge < -0.3 is 5.73 Å². The van der Waals surface area contributed by atoms with Gasteiger partial charge in [0, 0.05) is 10.6 Å². The van der Waals surface area contributed by atoms with Crippen LogP contribution in [0.5, 0.6) is 0 Å². The summed E-state index contributed by atoms with van der Waals surface area (Å²) in [6, 6.07) is 15.0. The maximum absolute atomic E-state index is 12.5. The number of pyridine rings is 2. The average Bonchev–Trinajstić information content (AvgIpc) is 2.57. The fourth-order valence-corrected chi connectivity index (χ4v) is 3.48. The smallest absolute Gasteiger partial charge is 0.280 e. The molecular formula is C17H16Cl2N4O2S. The predicted octanol–water partition coefficient (Wildman–Crippen LogP) is 3.91. The molecule has 6 nitrogen and oxygen atoms in total. The minimum Gasteiger partial charge on any atom is -0.384 e. The Labute approximate surface area is 162 Å². The largest absolute Gasteiger partial charge is 0.384 e. The highest BCUT2D eigenvalue weighted by molar-refractivity contribution is 7.92. The molecule has 0 fully saturated rings. The monoisotopic (exact) mass is 410 g/mol. The van der Waals surface area contributed by atoms with Crippen LogP contribution in [0.4, 0.5) is 11.6 Å². The number of aryl methyl sites for hydroxylation is 1. The van der Waals surface area contributed by atoms with Crippen molar-refractivity contribution in [2.45, 2.75) is 11.9 Å². The summed E-state index contributed by atoms with van der Waals surface area (Å²) in [5.41, 5.74) is 7.75. The molecule has 2 heterocycles. The number of nitrogens with zero attached hydrogens (tertiary/aromatic N) is 2. The third kappa shape index (κ3) is 4.24. The SMILES string of the molecule is Cc1ccc(NS(=O)(=O)c2cccc(N)n2)nc1-c1ccccc1Cl.Cl. The van der Waals surface area contributed by atoms with E-state index in [1.807, 2.05) is 25.1 Å². The molecule has 0 spiro atoms. The van der Waals surface area contributed by atoms with E-state index in [0.717, 1.165) is 11.1 Å². The molecule has 0 amide bonds. The highest BCUT2D eigenvalue weighted by atomic mass is 35.5. The Kier molecular flexibility index (Phi) is 6.07. The van der Waals surface area contributed by atoms with E-state index in [1.54, 1.807) is 18.2 Å². The molecule has 2 aromatic heterocycles. The van der Waals surface area contributed by atoms with Crippen LogP contribution in [0.15, 0.2) is 59.6 Å². The molecule has 136 valence electrons. The van der Waals surface area contributed by atoms with E-state index in [0.29, 0.717) is 10.7 Å². The number of nitrogens with one attached hydrogen (secondary N) is 1. The summed E-state index contributed by atoms with van der Waals surface area (Å²) in [5.74, 6) is 0.293. The Hall–Kier alpha value is -2.35. The van der Waals surface area contributed by atoms with Crippen LogP contribution in [0.2, 0.25) is 5.02 Å². The third-order valence-corrected chi connectivity index (χ3v) is 5.07. The molecule has 3 aromatic rings. The van der Waals surface area contributed by atoms with Gasteiger partial charge in [-0.05, 0) is 36.8 Å². The molecular weight excluding hydrogens is 395 g/mol. The van der Waals surface area contributed by atoms with Crippen molar-refractivity contribution < 1.29 is 8.42 Å². The molecule has 3 N–H and O–H groups in total. The Morgan fingerprint density at radius 1 is 1.00 bits per heavy atom. The highest BCUT2D eigenvalue weighted by Crippen LogP contribution is 2.29. The van der Waals surface area contributed by atoms with Crippen molar-refractivity contribution >= 4 is 45.7 Å². The maximum atomic E-state index is 12.5. The number of sulfonamides is 1. The number of nitrogens with two attached hydrogens (primary N) is 1. The number of halogens is 2. The van der Waals surface area contributed by atoms with Gasteiger partial charge in [0.15, 0.2) is 5.03 Å². The van der Waals surface area contributed by atoms with E-state index in [1.165, 1.54) is 18.2 Å². The lowest BCUT2D eigenvalue weighted by Gasteiger charge is -2.11. The van der Waals surface area contributed by atoms with Crippen molar-refractivity contribution in [1.82, 2.24) is 9.97 Å². The average molecular weight is 411 g/mol. The molecule has 0 aliphatic carbocycles. The van der Waals surface area contributed by atoms with E-state index < -0.39 is 10.0 Å². The molecule has 1 aromatic carbocycles. The van der Waals surface area contributed by atoms with Gasteiger partial charge in [-0.1, -0.05) is 41.9 Å². The van der Waals surface area contributed by atoms with E-state index in [9.17, 15) is 8.42 Å². The van der Waals surface area contributed by atoms with Crippen LogP contribution in [-0.2, 0) is 10.0 Å². The van der Waals surface area contributed by atoms with E-state index in [-0.39, 0.29) is 29.1 Å². The Bertz CT molecular complexity index is 1040. The summed E-state index contributed by atoms with van der Waals surface area (Å²) in [4.78, 5) is 8.23. The number of anilines is 2. The second-order valence-corrected chi connectivity index (χ2v) is 7.38. The van der Waals surface area contributed by atoms with Gasteiger partial charge >= 0.3 is 0 Å². The van der Waals surface area contributed by atoms with Crippen LogP contribution >= 0.6 is 24.0 Å². The van der Waals surface area contributed by atoms with Crippen molar-refractivity contribution in [3.05, 3.63) is 65.2 Å². The molecule has 0 radical (unpaired) electrons. The number of rotatable bonds is 4. The van der Waals surface area contributed by atoms with Crippen LogP contribution in [-0.4, -0.2) is 18.4 Å². The van der Waals surface area contributed by atoms with Gasteiger partial charge in [0.25, 0.3) is 10.0 Å². The zero-order valence-corrected chi connectivity index (χ0v) is 16.1.